The number of carbonyl (C=O) groups is 2. The number of hydrogen-bond acceptors (Lipinski definition) is 2. The predicted molar refractivity (Wildman–Crippen MR) is 40.2 cm³/mol. The first kappa shape index (κ1) is 9.36. The second kappa shape index (κ2) is 4.22. The van der Waals surface area contributed by atoms with E-state index in [9.17, 15) is 9.59 Å². The molecule has 0 spiro atoms. The lowest BCUT2D eigenvalue weighted by Gasteiger charge is -1.98. The van der Waals surface area contributed by atoms with E-state index in [0.29, 0.717) is 0 Å². The van der Waals surface area contributed by atoms with Crippen molar-refractivity contribution < 1.29 is 14.7 Å². The quantitative estimate of drug-likeness (QED) is 0.552. The molecule has 4 heteroatoms. The lowest BCUT2D eigenvalue weighted by atomic mass is 10.2. The van der Waals surface area contributed by atoms with Gasteiger partial charge in [0.05, 0.1) is 0 Å². The van der Waals surface area contributed by atoms with Gasteiger partial charge in [-0.25, -0.2) is 0 Å². The molecular formula is C6H7BrO3. The highest BCUT2D eigenvalue weighted by atomic mass is 79.9. The Kier molecular flexibility index (Phi) is 3.95. The average molecular weight is 207 g/mol. The van der Waals surface area contributed by atoms with E-state index in [2.05, 4.69) is 22.5 Å². The number of carboxylic acid groups (broad SMARTS) is 1. The molecule has 0 aliphatic rings. The number of rotatable bonds is 4. The fourth-order valence-corrected chi connectivity index (χ4v) is 0.666. The molecule has 0 radical (unpaired) electrons. The van der Waals surface area contributed by atoms with Crippen LogP contribution in [-0.2, 0) is 9.59 Å². The summed E-state index contributed by atoms with van der Waals surface area (Å²) in [4.78, 5) is 19.8. The summed E-state index contributed by atoms with van der Waals surface area (Å²) in [5, 5.41) is 8.29. The first-order chi connectivity index (χ1) is 4.57. The van der Waals surface area contributed by atoms with Crippen LogP contribution in [0.15, 0.2) is 12.7 Å². The topological polar surface area (TPSA) is 54.4 Å². The summed E-state index contributed by atoms with van der Waals surface area (Å²) < 4.78 is 0. The van der Waals surface area contributed by atoms with E-state index in [1.165, 1.54) is 0 Å². The van der Waals surface area contributed by atoms with Gasteiger partial charge in [-0.15, -0.1) is 0 Å². The zero-order valence-electron chi connectivity index (χ0n) is 5.21. The molecule has 0 aliphatic carbocycles. The van der Waals surface area contributed by atoms with E-state index in [4.69, 9.17) is 5.11 Å². The smallest absolute Gasteiger partial charge is 0.317 e. The van der Waals surface area contributed by atoms with Crippen molar-refractivity contribution in [1.29, 1.82) is 0 Å². The van der Waals surface area contributed by atoms with Crippen LogP contribution in [0.5, 0.6) is 0 Å². The van der Waals surface area contributed by atoms with Crippen molar-refractivity contribution in [2.45, 2.75) is 11.2 Å². The first-order valence-corrected chi connectivity index (χ1v) is 3.51. The Morgan fingerprint density at radius 1 is 1.70 bits per heavy atom. The van der Waals surface area contributed by atoms with Crippen LogP contribution >= 0.6 is 15.9 Å². The van der Waals surface area contributed by atoms with E-state index in [1.54, 1.807) is 0 Å². The van der Waals surface area contributed by atoms with E-state index in [0.717, 1.165) is 6.08 Å². The molecule has 0 fully saturated rings. The maximum atomic E-state index is 10.5. The fourth-order valence-electron chi connectivity index (χ4n) is 0.347. The Bertz CT molecular complexity index is 164. The monoisotopic (exact) mass is 206 g/mol. The van der Waals surface area contributed by atoms with Gasteiger partial charge in [0.25, 0.3) is 0 Å². The molecule has 0 aromatic carbocycles. The van der Waals surface area contributed by atoms with Gasteiger partial charge in [-0.1, -0.05) is 22.5 Å². The molecule has 56 valence electrons. The summed E-state index contributed by atoms with van der Waals surface area (Å²) in [5.41, 5.74) is 0. The van der Waals surface area contributed by atoms with Crippen LogP contribution in [0.1, 0.15) is 6.42 Å². The Morgan fingerprint density at radius 2 is 2.20 bits per heavy atom. The Labute approximate surface area is 66.9 Å². The predicted octanol–water partition coefficient (Wildman–Crippen LogP) is 0.980. The van der Waals surface area contributed by atoms with Gasteiger partial charge in [-0.3, -0.25) is 9.59 Å². The molecule has 0 aromatic heterocycles. The summed E-state index contributed by atoms with van der Waals surface area (Å²) in [7, 11) is 0. The molecule has 0 saturated heterocycles. The molecule has 0 saturated carbocycles. The standard InChI is InChI=1S/C6H7BrO3/c1-2-4(8)3-5(7)6(9)10/h2,5H,1,3H2,(H,9,10). The van der Waals surface area contributed by atoms with Gasteiger partial charge in [-0.05, 0) is 6.08 Å². The van der Waals surface area contributed by atoms with Crippen LogP contribution in [0.3, 0.4) is 0 Å². The van der Waals surface area contributed by atoms with Gasteiger partial charge in [0.15, 0.2) is 5.78 Å². The minimum atomic E-state index is -1.03. The minimum Gasteiger partial charge on any atom is -0.480 e. The van der Waals surface area contributed by atoms with Crippen LogP contribution in [0.25, 0.3) is 0 Å². The summed E-state index contributed by atoms with van der Waals surface area (Å²) >= 11 is 2.82. The van der Waals surface area contributed by atoms with Gasteiger partial charge in [0, 0.05) is 6.42 Å². The van der Waals surface area contributed by atoms with Crippen molar-refractivity contribution in [3.05, 3.63) is 12.7 Å². The second-order valence-electron chi connectivity index (χ2n) is 1.68. The molecule has 0 bridgehead atoms. The van der Waals surface area contributed by atoms with Crippen molar-refractivity contribution in [2.75, 3.05) is 0 Å². The molecule has 0 aliphatic heterocycles. The zero-order valence-corrected chi connectivity index (χ0v) is 6.80. The molecule has 10 heavy (non-hydrogen) atoms. The fraction of sp³-hybridized carbons (Fsp3) is 0.333. The maximum absolute atomic E-state index is 10.5. The van der Waals surface area contributed by atoms with Crippen LogP contribution in [0.2, 0.25) is 0 Å². The van der Waals surface area contributed by atoms with Crippen LogP contribution in [0.4, 0.5) is 0 Å². The number of alkyl halides is 1. The summed E-state index contributed by atoms with van der Waals surface area (Å²) in [6.07, 6.45) is 1.07. The molecular weight excluding hydrogens is 200 g/mol. The molecule has 1 N–H and O–H groups in total. The Balaban J connectivity index is 3.79. The summed E-state index contributed by atoms with van der Waals surface area (Å²) in [5.74, 6) is -1.31. The van der Waals surface area contributed by atoms with Crippen molar-refractivity contribution >= 4 is 27.7 Å². The molecule has 0 aromatic rings. The number of carboxylic acids is 1. The van der Waals surface area contributed by atoms with Crippen LogP contribution in [0, 0.1) is 0 Å². The summed E-state index contributed by atoms with van der Waals surface area (Å²) in [6, 6.07) is 0. The number of allylic oxidation sites excluding steroid dienone is 1. The van der Waals surface area contributed by atoms with E-state index in [1.807, 2.05) is 0 Å². The molecule has 0 amide bonds. The zero-order chi connectivity index (χ0) is 8.15. The number of hydrogen-bond donors (Lipinski definition) is 1. The third-order valence-electron chi connectivity index (χ3n) is 0.876. The molecule has 3 nitrogen and oxygen atoms in total. The number of aliphatic carboxylic acids is 1. The van der Waals surface area contributed by atoms with Gasteiger partial charge < -0.3 is 5.11 Å². The largest absolute Gasteiger partial charge is 0.480 e. The highest BCUT2D eigenvalue weighted by Crippen LogP contribution is 2.05. The van der Waals surface area contributed by atoms with Gasteiger partial charge in [0.1, 0.15) is 4.83 Å². The van der Waals surface area contributed by atoms with Crippen LogP contribution < -0.4 is 0 Å². The third kappa shape index (κ3) is 3.40. The maximum Gasteiger partial charge on any atom is 0.317 e. The van der Waals surface area contributed by atoms with Crippen molar-refractivity contribution in [2.24, 2.45) is 0 Å². The van der Waals surface area contributed by atoms with E-state index < -0.39 is 10.8 Å². The Hall–Kier alpha value is -0.640. The molecule has 0 heterocycles. The average Bonchev–Trinajstić information content (AvgIpc) is 1.87. The van der Waals surface area contributed by atoms with Gasteiger partial charge in [-0.2, -0.15) is 0 Å². The van der Waals surface area contributed by atoms with Crippen LogP contribution in [-0.4, -0.2) is 21.7 Å². The van der Waals surface area contributed by atoms with Gasteiger partial charge in [0.2, 0.25) is 0 Å². The van der Waals surface area contributed by atoms with Crippen molar-refractivity contribution in [1.82, 2.24) is 0 Å². The molecule has 1 unspecified atom stereocenters. The number of halogens is 1. The summed E-state index contributed by atoms with van der Waals surface area (Å²) in [6.45, 7) is 3.21. The number of ketones is 1. The highest BCUT2D eigenvalue weighted by Gasteiger charge is 2.15. The minimum absolute atomic E-state index is 0.0428. The highest BCUT2D eigenvalue weighted by molar-refractivity contribution is 9.10. The van der Waals surface area contributed by atoms with E-state index >= 15 is 0 Å². The number of carbonyl (C=O) groups excluding carboxylic acids is 1. The Morgan fingerprint density at radius 3 is 2.50 bits per heavy atom. The lowest BCUT2D eigenvalue weighted by Crippen LogP contribution is -2.15. The van der Waals surface area contributed by atoms with Crippen molar-refractivity contribution in [3.8, 4) is 0 Å². The SMILES string of the molecule is C=CC(=O)CC(Br)C(=O)O. The molecule has 1 atom stereocenters. The van der Waals surface area contributed by atoms with Crippen molar-refractivity contribution in [3.63, 3.8) is 0 Å². The lowest BCUT2D eigenvalue weighted by molar-refractivity contribution is -0.137. The third-order valence-corrected chi connectivity index (χ3v) is 1.59. The second-order valence-corrected chi connectivity index (χ2v) is 2.79. The molecule has 0 rings (SSSR count). The first-order valence-electron chi connectivity index (χ1n) is 2.60. The van der Waals surface area contributed by atoms with E-state index in [-0.39, 0.29) is 12.2 Å². The van der Waals surface area contributed by atoms with Gasteiger partial charge >= 0.3 is 5.97 Å². The normalized spacial score (nSPS) is 12.1.